The van der Waals surface area contributed by atoms with Crippen LogP contribution in [-0.2, 0) is 20.9 Å². The molecule has 2 aromatic carbocycles. The molecular weight excluding hydrogens is 428 g/mol. The average molecular weight is 450 g/mol. The largest absolute Gasteiger partial charge is 0.497 e. The molecule has 10 heteroatoms. The van der Waals surface area contributed by atoms with Crippen LogP contribution in [-0.4, -0.2) is 42.6 Å². The fourth-order valence-corrected chi connectivity index (χ4v) is 3.98. The molecular formula is C23H22N4O6. The van der Waals surface area contributed by atoms with Gasteiger partial charge in [-0.05, 0) is 29.8 Å². The second-order valence-electron chi connectivity index (χ2n) is 7.60. The molecule has 0 bridgehead atoms. The van der Waals surface area contributed by atoms with Gasteiger partial charge >= 0.3 is 0 Å². The molecule has 0 fully saturated rings. The summed E-state index contributed by atoms with van der Waals surface area (Å²) in [5.41, 5.74) is 2.84. The van der Waals surface area contributed by atoms with Crippen molar-refractivity contribution < 1.29 is 28.5 Å². The minimum absolute atomic E-state index is 0.0799. The van der Waals surface area contributed by atoms with E-state index in [0.29, 0.717) is 28.7 Å². The molecule has 10 nitrogen and oxygen atoms in total. The minimum atomic E-state index is -0.781. The molecule has 1 unspecified atom stereocenters. The Morgan fingerprint density at radius 2 is 1.97 bits per heavy atom. The lowest BCUT2D eigenvalue weighted by Gasteiger charge is -2.10. The van der Waals surface area contributed by atoms with E-state index in [4.69, 9.17) is 18.9 Å². The van der Waals surface area contributed by atoms with Gasteiger partial charge < -0.3 is 29.6 Å². The second-order valence-corrected chi connectivity index (χ2v) is 7.60. The number of methoxy groups -OCH3 is 2. The summed E-state index contributed by atoms with van der Waals surface area (Å²) in [5, 5.41) is 10.3. The van der Waals surface area contributed by atoms with Gasteiger partial charge in [0, 0.05) is 24.4 Å². The van der Waals surface area contributed by atoms with Gasteiger partial charge in [0.15, 0.2) is 11.5 Å². The van der Waals surface area contributed by atoms with Crippen molar-refractivity contribution in [3.05, 3.63) is 48.2 Å². The van der Waals surface area contributed by atoms with Gasteiger partial charge in [-0.3, -0.25) is 9.59 Å². The summed E-state index contributed by atoms with van der Waals surface area (Å²) in [7, 11) is 3.18. The van der Waals surface area contributed by atoms with E-state index < -0.39 is 6.04 Å². The zero-order valence-electron chi connectivity index (χ0n) is 18.1. The maximum atomic E-state index is 12.7. The van der Waals surface area contributed by atoms with Crippen LogP contribution in [0.1, 0.15) is 18.2 Å². The monoisotopic (exact) mass is 450 g/mol. The molecule has 0 aliphatic carbocycles. The normalized spacial score (nSPS) is 15.8. The molecule has 33 heavy (non-hydrogen) atoms. The molecule has 0 saturated heterocycles. The third-order valence-corrected chi connectivity index (χ3v) is 5.52. The van der Waals surface area contributed by atoms with Gasteiger partial charge in [0.25, 0.3) is 5.91 Å². The van der Waals surface area contributed by atoms with Crippen LogP contribution in [0.4, 0.5) is 11.5 Å². The molecule has 1 aromatic heterocycles. The van der Waals surface area contributed by atoms with Crippen LogP contribution >= 0.6 is 0 Å². The summed E-state index contributed by atoms with van der Waals surface area (Å²) in [6.07, 6.45) is -0.0799. The van der Waals surface area contributed by atoms with E-state index in [1.54, 1.807) is 37.1 Å². The number of nitrogens with zero attached hydrogens (tertiary/aromatic N) is 2. The molecule has 0 spiro atoms. The van der Waals surface area contributed by atoms with E-state index in [2.05, 4.69) is 15.7 Å². The summed E-state index contributed by atoms with van der Waals surface area (Å²) in [5.74, 6) is 1.83. The molecule has 1 atom stereocenters. The van der Waals surface area contributed by atoms with Crippen molar-refractivity contribution in [3.8, 4) is 28.4 Å². The van der Waals surface area contributed by atoms with E-state index >= 15 is 0 Å². The minimum Gasteiger partial charge on any atom is -0.497 e. The first-order valence-corrected chi connectivity index (χ1v) is 10.3. The molecule has 2 aliphatic rings. The Morgan fingerprint density at radius 3 is 2.73 bits per heavy atom. The number of nitrogens with one attached hydrogen (secondary N) is 2. The van der Waals surface area contributed by atoms with Crippen molar-refractivity contribution in [2.75, 3.05) is 31.6 Å². The van der Waals surface area contributed by atoms with Crippen molar-refractivity contribution in [3.63, 3.8) is 0 Å². The van der Waals surface area contributed by atoms with Crippen LogP contribution in [0.2, 0.25) is 0 Å². The smallest absolute Gasteiger partial charge is 0.251 e. The topological polar surface area (TPSA) is 113 Å². The number of benzene rings is 2. The number of hydrogen-bond acceptors (Lipinski definition) is 7. The molecule has 3 aromatic rings. The number of carbonyl (C=O) groups is 2. The van der Waals surface area contributed by atoms with Gasteiger partial charge in [-0.2, -0.15) is 5.10 Å². The number of carbonyl (C=O) groups excluding carboxylic acids is 2. The van der Waals surface area contributed by atoms with Crippen LogP contribution in [0.3, 0.4) is 0 Å². The lowest BCUT2D eigenvalue weighted by molar-refractivity contribution is -0.123. The van der Waals surface area contributed by atoms with Gasteiger partial charge in [0.1, 0.15) is 17.6 Å². The zero-order chi connectivity index (χ0) is 22.9. The van der Waals surface area contributed by atoms with Crippen LogP contribution in [0.25, 0.3) is 11.1 Å². The van der Waals surface area contributed by atoms with Gasteiger partial charge in [0.2, 0.25) is 12.7 Å². The van der Waals surface area contributed by atoms with E-state index in [1.807, 2.05) is 24.3 Å². The Bertz CT molecular complexity index is 1220. The van der Waals surface area contributed by atoms with Gasteiger partial charge in [0.05, 0.1) is 25.8 Å². The molecule has 0 radical (unpaired) electrons. The van der Waals surface area contributed by atoms with Crippen LogP contribution in [0, 0.1) is 0 Å². The summed E-state index contributed by atoms with van der Waals surface area (Å²) in [4.78, 5) is 25.5. The Labute approximate surface area is 189 Å². The van der Waals surface area contributed by atoms with Gasteiger partial charge in [-0.15, -0.1) is 0 Å². The SMILES string of the molecule is COCc1nn2c(c1-c1ccc(OC)cc1)NC(=O)C2CC(=O)Nc1ccc2c(c1)OCO2. The first-order valence-electron chi connectivity index (χ1n) is 10.3. The lowest BCUT2D eigenvalue weighted by Crippen LogP contribution is -2.24. The highest BCUT2D eigenvalue weighted by atomic mass is 16.7. The lowest BCUT2D eigenvalue weighted by atomic mass is 10.1. The van der Waals surface area contributed by atoms with Crippen molar-refractivity contribution in [1.82, 2.24) is 9.78 Å². The summed E-state index contributed by atoms with van der Waals surface area (Å²) >= 11 is 0. The maximum Gasteiger partial charge on any atom is 0.251 e. The molecule has 0 saturated carbocycles. The Kier molecular flexibility index (Phi) is 5.35. The third kappa shape index (κ3) is 3.85. The van der Waals surface area contributed by atoms with E-state index in [1.165, 1.54) is 0 Å². The Hall–Kier alpha value is -4.05. The molecule has 5 rings (SSSR count). The highest BCUT2D eigenvalue weighted by Gasteiger charge is 2.37. The number of amides is 2. The Balaban J connectivity index is 1.39. The molecule has 170 valence electrons. The first kappa shape index (κ1) is 20.8. The van der Waals surface area contributed by atoms with Crippen LogP contribution in [0.5, 0.6) is 17.2 Å². The van der Waals surface area contributed by atoms with Crippen molar-refractivity contribution in [1.29, 1.82) is 0 Å². The van der Waals surface area contributed by atoms with Crippen LogP contribution < -0.4 is 24.8 Å². The van der Waals surface area contributed by atoms with Gasteiger partial charge in [-0.25, -0.2) is 4.68 Å². The molecule has 2 N–H and O–H groups in total. The molecule has 2 aliphatic heterocycles. The number of ether oxygens (including phenoxy) is 4. The van der Waals surface area contributed by atoms with E-state index in [9.17, 15) is 9.59 Å². The van der Waals surface area contributed by atoms with Crippen LogP contribution in [0.15, 0.2) is 42.5 Å². The Morgan fingerprint density at radius 1 is 1.18 bits per heavy atom. The standard InChI is InChI=1S/C23H22N4O6/c1-30-11-16-21(13-3-6-15(31-2)7-4-13)22-25-23(29)17(27(22)26-16)10-20(28)24-14-5-8-18-19(9-14)33-12-32-18/h3-9,17H,10-12H2,1-2H3,(H,24,28)(H,25,29). The van der Waals surface area contributed by atoms with Crippen molar-refractivity contribution >= 4 is 23.3 Å². The summed E-state index contributed by atoms with van der Waals surface area (Å²) < 4.78 is 22.7. The predicted octanol–water partition coefficient (Wildman–Crippen LogP) is 2.96. The number of aromatic nitrogens is 2. The number of rotatable bonds is 7. The van der Waals surface area contributed by atoms with E-state index in [-0.39, 0.29) is 31.6 Å². The maximum absolute atomic E-state index is 12.7. The fourth-order valence-electron chi connectivity index (χ4n) is 3.98. The third-order valence-electron chi connectivity index (χ3n) is 5.52. The summed E-state index contributed by atoms with van der Waals surface area (Å²) in [6, 6.07) is 11.8. The first-order chi connectivity index (χ1) is 16.1. The number of anilines is 2. The highest BCUT2D eigenvalue weighted by molar-refractivity contribution is 6.04. The number of hydrogen-bond donors (Lipinski definition) is 2. The van der Waals surface area contributed by atoms with Crippen molar-refractivity contribution in [2.24, 2.45) is 0 Å². The average Bonchev–Trinajstić information content (AvgIpc) is 3.49. The molecule has 2 amide bonds. The van der Waals surface area contributed by atoms with Crippen molar-refractivity contribution in [2.45, 2.75) is 19.1 Å². The van der Waals surface area contributed by atoms with E-state index in [0.717, 1.165) is 16.9 Å². The number of fused-ring (bicyclic) bond motifs is 2. The highest BCUT2D eigenvalue weighted by Crippen LogP contribution is 2.39. The second kappa shape index (κ2) is 8.47. The predicted molar refractivity (Wildman–Crippen MR) is 118 cm³/mol. The van der Waals surface area contributed by atoms with Gasteiger partial charge in [-0.1, -0.05) is 12.1 Å². The fraction of sp³-hybridized carbons (Fsp3) is 0.261. The quantitative estimate of drug-likeness (QED) is 0.569. The zero-order valence-corrected chi connectivity index (χ0v) is 18.1. The molecule has 3 heterocycles. The summed E-state index contributed by atoms with van der Waals surface area (Å²) in [6.45, 7) is 0.407.